The molecule has 2 aromatic rings. The molecule has 0 aliphatic carbocycles. The Bertz CT molecular complexity index is 411. The molecule has 0 fully saturated rings. The summed E-state index contributed by atoms with van der Waals surface area (Å²) in [5.41, 5.74) is 2.33. The molecule has 0 aromatic carbocycles. The van der Waals surface area contributed by atoms with E-state index in [1.807, 2.05) is 32.3 Å². The van der Waals surface area contributed by atoms with Crippen LogP contribution < -0.4 is 0 Å². The molecule has 2 rings (SSSR count). The fourth-order valence-corrected chi connectivity index (χ4v) is 2.48. The van der Waals surface area contributed by atoms with Crippen LogP contribution in [0.2, 0.25) is 0 Å². The maximum atomic E-state index is 4.31. The Morgan fingerprint density at radius 2 is 2.07 bits per heavy atom. The highest BCUT2D eigenvalue weighted by atomic mass is 127. The third kappa shape index (κ3) is 2.23. The Balaban J connectivity index is 0.000000461. The van der Waals surface area contributed by atoms with E-state index in [9.17, 15) is 0 Å². The van der Waals surface area contributed by atoms with E-state index in [-0.39, 0.29) is 0 Å². The summed E-state index contributed by atoms with van der Waals surface area (Å²) in [7, 11) is 1.64. The predicted octanol–water partition coefficient (Wildman–Crippen LogP) is 4.22. The van der Waals surface area contributed by atoms with Crippen LogP contribution in [0.15, 0.2) is 24.5 Å². The molecule has 4 heteroatoms. The first kappa shape index (κ1) is 11.8. The summed E-state index contributed by atoms with van der Waals surface area (Å²) in [4.78, 5) is 4.31. The number of aromatic nitrogens is 2. The number of hydrogen-bond acceptors (Lipinski definition) is 2. The monoisotopic (exact) mass is 320 g/mol. The number of nitrogens with zero attached hydrogens (tertiary/aromatic N) is 2. The lowest BCUT2D eigenvalue weighted by molar-refractivity contribution is 1.26. The van der Waals surface area contributed by atoms with E-state index in [0.29, 0.717) is 0 Å². The predicted molar refractivity (Wildman–Crippen MR) is 72.8 cm³/mol. The summed E-state index contributed by atoms with van der Waals surface area (Å²) >= 11 is 2.25. The minimum atomic E-state index is 1.05. The molecule has 0 saturated heterocycles. The molecule has 0 radical (unpaired) electrons. The zero-order valence-electron chi connectivity index (χ0n) is 8.49. The number of aryl methyl sites for hydroxylation is 1. The van der Waals surface area contributed by atoms with Crippen LogP contribution in [0.5, 0.6) is 0 Å². The Morgan fingerprint density at radius 1 is 1.36 bits per heavy atom. The number of rotatable bonds is 1. The van der Waals surface area contributed by atoms with Crippen molar-refractivity contribution >= 4 is 41.4 Å². The average Bonchev–Trinajstić information content (AvgIpc) is 2.65. The van der Waals surface area contributed by atoms with Crippen LogP contribution >= 0.6 is 30.3 Å². The van der Waals surface area contributed by atoms with Gasteiger partial charge in [-0.05, 0) is 24.6 Å². The van der Waals surface area contributed by atoms with E-state index >= 15 is 0 Å². The van der Waals surface area contributed by atoms with Crippen LogP contribution in [0.1, 0.15) is 19.4 Å². The SMILES string of the molecule is CC.Cc1ccnc2c1ccn2SI. The Hall–Kier alpha value is -0.230. The lowest BCUT2D eigenvalue weighted by atomic mass is 10.2. The van der Waals surface area contributed by atoms with Gasteiger partial charge in [-0.2, -0.15) is 0 Å². The second kappa shape index (κ2) is 5.60. The molecule has 2 aromatic heterocycles. The summed E-state index contributed by atoms with van der Waals surface area (Å²) in [6, 6.07) is 4.13. The highest BCUT2D eigenvalue weighted by molar-refractivity contribution is 14.2. The molecule has 0 atom stereocenters. The molecule has 0 spiro atoms. The van der Waals surface area contributed by atoms with Gasteiger partial charge in [-0.3, -0.25) is 3.97 Å². The van der Waals surface area contributed by atoms with E-state index in [1.165, 1.54) is 10.9 Å². The normalized spacial score (nSPS) is 9.71. The quantitative estimate of drug-likeness (QED) is 0.732. The van der Waals surface area contributed by atoms with Gasteiger partial charge in [-0.25, -0.2) is 4.98 Å². The third-order valence-corrected chi connectivity index (χ3v) is 3.56. The Labute approximate surface area is 101 Å². The number of hydrogen-bond donors (Lipinski definition) is 0. The van der Waals surface area contributed by atoms with Crippen molar-refractivity contribution in [2.45, 2.75) is 20.8 Å². The molecule has 0 saturated carbocycles. The number of fused-ring (bicyclic) bond motifs is 1. The summed E-state index contributed by atoms with van der Waals surface area (Å²) in [5, 5.41) is 1.24. The van der Waals surface area contributed by atoms with Gasteiger partial charge >= 0.3 is 0 Å². The molecule has 0 aliphatic rings. The van der Waals surface area contributed by atoms with Crippen molar-refractivity contribution in [3.8, 4) is 0 Å². The van der Waals surface area contributed by atoms with Crippen LogP contribution in [0.25, 0.3) is 11.0 Å². The third-order valence-electron chi connectivity index (χ3n) is 1.85. The zero-order chi connectivity index (χ0) is 10.6. The van der Waals surface area contributed by atoms with Crippen molar-refractivity contribution in [1.29, 1.82) is 0 Å². The molecule has 0 bridgehead atoms. The molecule has 2 nitrogen and oxygen atoms in total. The van der Waals surface area contributed by atoms with Crippen LogP contribution in [0, 0.1) is 6.92 Å². The molecule has 2 heterocycles. The van der Waals surface area contributed by atoms with Crippen LogP contribution in [-0.2, 0) is 0 Å². The maximum Gasteiger partial charge on any atom is 0.150 e. The molecule has 0 unspecified atom stereocenters. The van der Waals surface area contributed by atoms with Gasteiger partial charge in [0.2, 0.25) is 0 Å². The molecular formula is C10H13IN2S. The smallest absolute Gasteiger partial charge is 0.150 e. The van der Waals surface area contributed by atoms with E-state index in [0.717, 1.165) is 5.65 Å². The second-order valence-corrected chi connectivity index (χ2v) is 4.29. The standard InChI is InChI=1S/C8H7IN2S.C2H6/c1-6-2-4-10-8-7(6)3-5-11(8)12-9;1-2/h2-5H,1H3;1-2H3. The Kier molecular flexibility index (Phi) is 4.74. The molecule has 0 N–H and O–H groups in total. The van der Waals surface area contributed by atoms with E-state index in [2.05, 4.69) is 43.2 Å². The maximum absolute atomic E-state index is 4.31. The highest BCUT2D eigenvalue weighted by Gasteiger charge is 2.02. The van der Waals surface area contributed by atoms with Gasteiger partial charge in [-0.15, -0.1) is 0 Å². The second-order valence-electron chi connectivity index (χ2n) is 2.58. The fraction of sp³-hybridized carbons (Fsp3) is 0.300. The van der Waals surface area contributed by atoms with Gasteiger partial charge in [0, 0.05) is 48.1 Å². The average molecular weight is 320 g/mol. The summed E-state index contributed by atoms with van der Waals surface area (Å²) in [6.45, 7) is 6.10. The minimum absolute atomic E-state index is 1.05. The van der Waals surface area contributed by atoms with E-state index in [1.54, 1.807) is 9.12 Å². The highest BCUT2D eigenvalue weighted by Crippen LogP contribution is 2.24. The van der Waals surface area contributed by atoms with Gasteiger partial charge in [0.25, 0.3) is 0 Å². The lowest BCUT2D eigenvalue weighted by Gasteiger charge is -1.97. The van der Waals surface area contributed by atoms with Crippen molar-refractivity contribution in [2.24, 2.45) is 0 Å². The Morgan fingerprint density at radius 3 is 2.71 bits per heavy atom. The van der Waals surface area contributed by atoms with Crippen molar-refractivity contribution in [3.63, 3.8) is 0 Å². The van der Waals surface area contributed by atoms with Gasteiger partial charge in [-0.1, -0.05) is 13.8 Å². The van der Waals surface area contributed by atoms with E-state index in [4.69, 9.17) is 0 Å². The topological polar surface area (TPSA) is 17.8 Å². The van der Waals surface area contributed by atoms with Crippen LogP contribution in [0.4, 0.5) is 0 Å². The van der Waals surface area contributed by atoms with Gasteiger partial charge in [0.15, 0.2) is 5.65 Å². The first-order valence-electron chi connectivity index (χ1n) is 4.54. The van der Waals surface area contributed by atoms with E-state index < -0.39 is 0 Å². The summed E-state index contributed by atoms with van der Waals surface area (Å²) in [6.07, 6.45) is 3.89. The van der Waals surface area contributed by atoms with Crippen molar-refractivity contribution in [2.75, 3.05) is 0 Å². The molecule has 76 valence electrons. The van der Waals surface area contributed by atoms with Gasteiger partial charge in [0.1, 0.15) is 0 Å². The minimum Gasteiger partial charge on any atom is -0.266 e. The number of halogens is 1. The van der Waals surface area contributed by atoms with Crippen LogP contribution in [0.3, 0.4) is 0 Å². The van der Waals surface area contributed by atoms with Crippen molar-refractivity contribution < 1.29 is 0 Å². The van der Waals surface area contributed by atoms with Crippen molar-refractivity contribution in [1.82, 2.24) is 8.96 Å². The van der Waals surface area contributed by atoms with Crippen LogP contribution in [-0.4, -0.2) is 8.96 Å². The zero-order valence-corrected chi connectivity index (χ0v) is 11.5. The largest absolute Gasteiger partial charge is 0.266 e. The molecule has 0 aliphatic heterocycles. The summed E-state index contributed by atoms with van der Waals surface area (Å²) < 4.78 is 2.06. The number of pyridine rings is 1. The molecule has 14 heavy (non-hydrogen) atoms. The first-order chi connectivity index (χ1) is 6.83. The molecule has 0 amide bonds. The molecular weight excluding hydrogens is 307 g/mol. The lowest BCUT2D eigenvalue weighted by Crippen LogP contribution is -1.84. The van der Waals surface area contributed by atoms with Gasteiger partial charge in [0.05, 0.1) is 0 Å². The van der Waals surface area contributed by atoms with Crippen molar-refractivity contribution in [3.05, 3.63) is 30.1 Å². The fourth-order valence-electron chi connectivity index (χ4n) is 1.21. The van der Waals surface area contributed by atoms with Gasteiger partial charge < -0.3 is 0 Å². The summed E-state index contributed by atoms with van der Waals surface area (Å²) in [5.74, 6) is 0. The first-order valence-corrected chi connectivity index (χ1v) is 7.86.